The number of esters is 1. The highest BCUT2D eigenvalue weighted by Gasteiger charge is 2.20. The van der Waals surface area contributed by atoms with Gasteiger partial charge in [-0.25, -0.2) is 4.79 Å². The zero-order valence-corrected chi connectivity index (χ0v) is 15.1. The Hall–Kier alpha value is -2.49. The van der Waals surface area contributed by atoms with Crippen molar-refractivity contribution in [2.24, 2.45) is 0 Å². The quantitative estimate of drug-likeness (QED) is 0.711. The van der Waals surface area contributed by atoms with Gasteiger partial charge < -0.3 is 14.6 Å². The summed E-state index contributed by atoms with van der Waals surface area (Å²) in [5.74, 6) is 1.12. The monoisotopic (exact) mass is 342 g/mol. The van der Waals surface area contributed by atoms with Gasteiger partial charge in [-0.2, -0.15) is 0 Å². The predicted molar refractivity (Wildman–Crippen MR) is 98.1 cm³/mol. The highest BCUT2D eigenvalue weighted by Crippen LogP contribution is 2.38. The fraction of sp³-hybridized carbons (Fsp3) is 0.381. The Morgan fingerprint density at radius 3 is 2.36 bits per heavy atom. The van der Waals surface area contributed by atoms with E-state index in [1.807, 2.05) is 42.5 Å². The molecule has 2 rings (SSSR count). The minimum atomic E-state index is -0.400. The number of carbonyl (C=O) groups excluding carboxylic acids is 1. The second-order valence-electron chi connectivity index (χ2n) is 6.20. The summed E-state index contributed by atoms with van der Waals surface area (Å²) in [5.41, 5.74) is 2.03. The molecule has 0 amide bonds. The lowest BCUT2D eigenvalue weighted by Crippen LogP contribution is -2.14. The highest BCUT2D eigenvalue weighted by atomic mass is 16.6. The van der Waals surface area contributed by atoms with Gasteiger partial charge in [-0.1, -0.05) is 50.2 Å². The van der Waals surface area contributed by atoms with Crippen molar-refractivity contribution in [2.45, 2.75) is 38.5 Å². The first-order valence-electron chi connectivity index (χ1n) is 8.63. The summed E-state index contributed by atoms with van der Waals surface area (Å²) >= 11 is 0. The molecular formula is C21H26O4. The van der Waals surface area contributed by atoms with Crippen molar-refractivity contribution < 1.29 is 19.4 Å². The number of ether oxygens (including phenoxy) is 2. The molecule has 0 aliphatic rings. The Balaban J connectivity index is 2.15. The molecule has 0 fully saturated rings. The van der Waals surface area contributed by atoms with E-state index < -0.39 is 5.97 Å². The Bertz CT molecular complexity index is 696. The first kappa shape index (κ1) is 18.8. The van der Waals surface area contributed by atoms with Crippen LogP contribution < -0.4 is 4.74 Å². The summed E-state index contributed by atoms with van der Waals surface area (Å²) in [5, 5.41) is 10.1. The normalized spacial score (nSPS) is 13.1. The third-order valence-corrected chi connectivity index (χ3v) is 4.53. The van der Waals surface area contributed by atoms with Gasteiger partial charge in [-0.3, -0.25) is 0 Å². The third kappa shape index (κ3) is 4.99. The van der Waals surface area contributed by atoms with Gasteiger partial charge in [-0.15, -0.1) is 0 Å². The minimum absolute atomic E-state index is 0.100. The number of para-hydroxylation sites is 2. The average Bonchev–Trinajstić information content (AvgIpc) is 2.64. The maximum absolute atomic E-state index is 11.3. The van der Waals surface area contributed by atoms with Crippen LogP contribution in [0, 0.1) is 0 Å². The van der Waals surface area contributed by atoms with Crippen molar-refractivity contribution in [1.29, 1.82) is 0 Å². The molecule has 0 saturated heterocycles. The van der Waals surface area contributed by atoms with Crippen LogP contribution >= 0.6 is 0 Å². The average molecular weight is 342 g/mol. The number of rotatable bonds is 8. The molecule has 4 heteroatoms. The van der Waals surface area contributed by atoms with Crippen molar-refractivity contribution in [2.75, 3.05) is 13.7 Å². The molecule has 4 nitrogen and oxygen atoms in total. The Kier molecular flexibility index (Phi) is 6.87. The highest BCUT2D eigenvalue weighted by molar-refractivity contribution is 5.70. The molecular weight excluding hydrogens is 316 g/mol. The number of hydrogen-bond acceptors (Lipinski definition) is 4. The van der Waals surface area contributed by atoms with Crippen LogP contribution in [0.1, 0.15) is 49.7 Å². The van der Waals surface area contributed by atoms with E-state index >= 15 is 0 Å². The van der Waals surface area contributed by atoms with E-state index in [1.165, 1.54) is 7.11 Å². The summed E-state index contributed by atoms with van der Waals surface area (Å²) in [7, 11) is 1.35. The van der Waals surface area contributed by atoms with Crippen LogP contribution in [-0.2, 0) is 9.53 Å². The fourth-order valence-electron chi connectivity index (χ4n) is 3.11. The number of hydrogen-bond donors (Lipinski definition) is 1. The van der Waals surface area contributed by atoms with E-state index in [9.17, 15) is 9.90 Å². The number of carbonyl (C=O) groups is 1. The summed E-state index contributed by atoms with van der Waals surface area (Å²) in [6, 6.07) is 15.3. The molecule has 0 radical (unpaired) electrons. The fourth-order valence-corrected chi connectivity index (χ4v) is 3.11. The van der Waals surface area contributed by atoms with Gasteiger partial charge in [0.1, 0.15) is 11.5 Å². The van der Waals surface area contributed by atoms with Gasteiger partial charge >= 0.3 is 5.97 Å². The molecule has 25 heavy (non-hydrogen) atoms. The topological polar surface area (TPSA) is 55.8 Å². The van der Waals surface area contributed by atoms with Gasteiger partial charge in [0.05, 0.1) is 7.11 Å². The zero-order valence-electron chi connectivity index (χ0n) is 15.1. The largest absolute Gasteiger partial charge is 0.508 e. The standard InChI is InChI=1S/C21H26O4/c1-4-16(18-10-5-7-11-19(18)22)13-15(2)17-9-6-8-12-20(17)25-14-21(23)24-3/h5-12,15-16,22H,4,13-14H2,1-3H3. The van der Waals surface area contributed by atoms with E-state index in [0.717, 1.165) is 24.0 Å². The molecule has 0 heterocycles. The van der Waals surface area contributed by atoms with Gasteiger partial charge in [0.25, 0.3) is 0 Å². The SMILES string of the molecule is CCC(CC(C)c1ccccc1OCC(=O)OC)c1ccccc1O. The molecule has 2 unspecified atom stereocenters. The van der Waals surface area contributed by atoms with Gasteiger partial charge in [0, 0.05) is 0 Å². The van der Waals surface area contributed by atoms with Crippen LogP contribution in [-0.4, -0.2) is 24.8 Å². The smallest absolute Gasteiger partial charge is 0.343 e. The molecule has 0 aliphatic heterocycles. The second-order valence-corrected chi connectivity index (χ2v) is 6.20. The second kappa shape index (κ2) is 9.11. The van der Waals surface area contributed by atoms with Crippen LogP contribution in [0.3, 0.4) is 0 Å². The Labute approximate surface area is 149 Å². The molecule has 2 aromatic carbocycles. The van der Waals surface area contributed by atoms with Crippen LogP contribution in [0.25, 0.3) is 0 Å². The first-order valence-corrected chi connectivity index (χ1v) is 8.63. The summed E-state index contributed by atoms with van der Waals surface area (Å²) in [4.78, 5) is 11.3. The van der Waals surface area contributed by atoms with Crippen molar-refractivity contribution in [3.05, 3.63) is 59.7 Å². The third-order valence-electron chi connectivity index (χ3n) is 4.53. The van der Waals surface area contributed by atoms with Crippen molar-refractivity contribution in [3.8, 4) is 11.5 Å². The number of methoxy groups -OCH3 is 1. The predicted octanol–water partition coefficient (Wildman–Crippen LogP) is 4.63. The Morgan fingerprint density at radius 2 is 1.72 bits per heavy atom. The first-order chi connectivity index (χ1) is 12.1. The number of benzene rings is 2. The number of phenolic OH excluding ortho intramolecular Hbond substituents is 1. The molecule has 0 spiro atoms. The molecule has 0 aromatic heterocycles. The summed E-state index contributed by atoms with van der Waals surface area (Å²) in [6.07, 6.45) is 1.82. The number of phenols is 1. The minimum Gasteiger partial charge on any atom is -0.508 e. The lowest BCUT2D eigenvalue weighted by Gasteiger charge is -2.23. The van der Waals surface area contributed by atoms with Gasteiger partial charge in [0.2, 0.25) is 0 Å². The zero-order chi connectivity index (χ0) is 18.2. The summed E-state index contributed by atoms with van der Waals surface area (Å²) in [6.45, 7) is 4.17. The maximum atomic E-state index is 11.3. The van der Waals surface area contributed by atoms with Crippen LogP contribution in [0.4, 0.5) is 0 Å². The van der Waals surface area contributed by atoms with Crippen molar-refractivity contribution >= 4 is 5.97 Å². The molecule has 0 bridgehead atoms. The molecule has 0 saturated carbocycles. The Morgan fingerprint density at radius 1 is 1.08 bits per heavy atom. The molecule has 2 atom stereocenters. The van der Waals surface area contributed by atoms with E-state index in [4.69, 9.17) is 4.74 Å². The van der Waals surface area contributed by atoms with Crippen LogP contribution in [0.15, 0.2) is 48.5 Å². The van der Waals surface area contributed by atoms with Crippen molar-refractivity contribution in [1.82, 2.24) is 0 Å². The van der Waals surface area contributed by atoms with Crippen molar-refractivity contribution in [3.63, 3.8) is 0 Å². The maximum Gasteiger partial charge on any atom is 0.343 e. The summed E-state index contributed by atoms with van der Waals surface area (Å²) < 4.78 is 10.3. The van der Waals surface area contributed by atoms with E-state index in [1.54, 1.807) is 6.07 Å². The molecule has 1 N–H and O–H groups in total. The van der Waals surface area contributed by atoms with E-state index in [-0.39, 0.29) is 18.4 Å². The van der Waals surface area contributed by atoms with Crippen LogP contribution in [0.2, 0.25) is 0 Å². The van der Waals surface area contributed by atoms with Gasteiger partial charge in [0.15, 0.2) is 6.61 Å². The lowest BCUT2D eigenvalue weighted by atomic mass is 9.84. The van der Waals surface area contributed by atoms with E-state index in [2.05, 4.69) is 18.6 Å². The molecule has 0 aliphatic carbocycles. The molecule has 2 aromatic rings. The van der Waals surface area contributed by atoms with Gasteiger partial charge in [-0.05, 0) is 47.9 Å². The molecule has 134 valence electrons. The van der Waals surface area contributed by atoms with E-state index in [0.29, 0.717) is 11.5 Å². The number of aromatic hydroxyl groups is 1. The lowest BCUT2D eigenvalue weighted by molar-refractivity contribution is -0.142. The van der Waals surface area contributed by atoms with Crippen LogP contribution in [0.5, 0.6) is 11.5 Å².